The van der Waals surface area contributed by atoms with Gasteiger partial charge < -0.3 is 113 Å². The summed E-state index contributed by atoms with van der Waals surface area (Å²) < 4.78 is 31.7. The van der Waals surface area contributed by atoms with Gasteiger partial charge in [0.25, 0.3) is 0 Å². The summed E-state index contributed by atoms with van der Waals surface area (Å²) in [7, 11) is 0. The summed E-state index contributed by atoms with van der Waals surface area (Å²) in [6, 6.07) is -12.3. The van der Waals surface area contributed by atoms with E-state index in [1.807, 2.05) is 0 Å². The number of carboxylic acids is 2. The first kappa shape index (κ1) is 82.4. The van der Waals surface area contributed by atoms with Gasteiger partial charge in [-0.15, -0.1) is 0 Å². The SMILES string of the molecule is CC(=O)NCCCC[C@H](NC(=O)CNC(=O)CNC(=O)[C@@H](NC(=O)[C@H](CO)NC(=O)[C@@H](N)CCCCN)[C@@H](C)O)C(=O)N[C@@H](C)C(=O)N1CCC[C@H]1C(=O)N[C@@H](CCCN=C(N)N)C(=O)N[C@@H](CCCCN)C(=O)N[C@@H](CCC(N)=O)C(=O)O.O=C(O)C(F)(F)F. The largest absolute Gasteiger partial charge is 0.490 e. The van der Waals surface area contributed by atoms with Crippen LogP contribution in [0.3, 0.4) is 0 Å². The van der Waals surface area contributed by atoms with Gasteiger partial charge in [-0.3, -0.25) is 62.5 Å². The van der Waals surface area contributed by atoms with Crippen molar-refractivity contribution in [3.05, 3.63) is 0 Å². The number of nitrogens with zero attached hydrogens (tertiary/aromatic N) is 2. The zero-order valence-corrected chi connectivity index (χ0v) is 51.0. The average Bonchev–Trinajstić information content (AvgIpc) is 1.90. The summed E-state index contributed by atoms with van der Waals surface area (Å²) in [5.74, 6) is -14.3. The van der Waals surface area contributed by atoms with E-state index in [1.165, 1.54) is 18.7 Å². The highest BCUT2D eigenvalue weighted by molar-refractivity contribution is 5.98. The number of nitrogens with two attached hydrogens (primary N) is 6. The molecule has 0 aliphatic carbocycles. The molecule has 0 radical (unpaired) electrons. The molecule has 0 saturated carbocycles. The van der Waals surface area contributed by atoms with Crippen LogP contribution >= 0.6 is 0 Å². The Morgan fingerprint density at radius 2 is 1.11 bits per heavy atom. The summed E-state index contributed by atoms with van der Waals surface area (Å²) in [6.07, 6.45) is -4.06. The van der Waals surface area contributed by atoms with Gasteiger partial charge in [0.15, 0.2) is 5.96 Å². The van der Waals surface area contributed by atoms with Crippen molar-refractivity contribution in [2.75, 3.05) is 52.4 Å². The van der Waals surface area contributed by atoms with Gasteiger partial charge in [-0.2, -0.15) is 13.2 Å². The quantitative estimate of drug-likeness (QED) is 0.0153. The van der Waals surface area contributed by atoms with E-state index < -0.39 is 163 Å². The molecule has 0 spiro atoms. The summed E-state index contributed by atoms with van der Waals surface area (Å²) in [6.45, 7) is 2.34. The number of primary amides is 1. The number of guanidine groups is 1. The van der Waals surface area contributed by atoms with Crippen LogP contribution in [0, 0.1) is 0 Å². The Bertz CT molecular complexity index is 2480. The van der Waals surface area contributed by atoms with Crippen LogP contribution in [-0.2, 0) is 67.1 Å². The van der Waals surface area contributed by atoms with Crippen molar-refractivity contribution in [1.82, 2.24) is 58.1 Å². The molecule has 91 heavy (non-hydrogen) atoms. The Balaban J connectivity index is 0.0000109. The molecule has 0 aromatic rings. The van der Waals surface area contributed by atoms with Gasteiger partial charge in [-0.05, 0) is 110 Å². The standard InChI is InChI=1S/C50H90N18O16.C2HF3O2/c1-27(48(82)68-23-11-16-36(68)46(80)64-33(15-10-22-58-50(55)56)43(77)63-32(13-5-8-20-52)44(78)65-34(49(83)84)17-18-37(54)72)61-42(76)31(14-6-9-21-57-29(3)71)62-39(74)25-59-38(73)24-60-47(81)40(28(2)70)67-45(79)35(26-69)66-41(75)30(53)12-4-7-19-51;3-2(4,5)1(6)7/h27-28,30-36,40,69-70H,4-26,51-53H2,1-3H3,(H2,54,72)(H,57,71)(H,59,73)(H,60,81)(H,61,76)(H,62,74)(H,63,77)(H,64,80)(H,65,78)(H,66,75)(H,67,79)(H,83,84)(H4,55,56,58);(H,6,7)/t27-,28+,30-,31-,32-,33-,34-,35-,36-,40-;/m0./s1. The lowest BCUT2D eigenvalue weighted by Crippen LogP contribution is -2.59. The number of carbonyl (C=O) groups excluding carboxylic acids is 12. The lowest BCUT2D eigenvalue weighted by Gasteiger charge is -2.30. The molecule has 10 atom stereocenters. The van der Waals surface area contributed by atoms with Gasteiger partial charge >= 0.3 is 18.1 Å². The number of likely N-dealkylation sites (tertiary alicyclic amines) is 1. The number of aliphatic hydroxyl groups is 2. The number of aliphatic imine (C=N–C) groups is 1. The summed E-state index contributed by atoms with van der Waals surface area (Å²) >= 11 is 0. The minimum absolute atomic E-state index is 0.00495. The van der Waals surface area contributed by atoms with Crippen LogP contribution in [0.1, 0.15) is 117 Å². The molecule has 1 aliphatic rings. The third kappa shape index (κ3) is 34.8. The van der Waals surface area contributed by atoms with Gasteiger partial charge in [0, 0.05) is 33.0 Å². The Hall–Kier alpha value is -8.56. The molecule has 0 unspecified atom stereocenters. The van der Waals surface area contributed by atoms with E-state index in [9.17, 15) is 90.8 Å². The van der Waals surface area contributed by atoms with Crippen molar-refractivity contribution in [2.24, 2.45) is 39.4 Å². The number of nitrogens with one attached hydrogen (secondary N) is 10. The Morgan fingerprint density at radius 1 is 0.604 bits per heavy atom. The number of aliphatic hydroxyl groups excluding tert-OH is 2. The van der Waals surface area contributed by atoms with Crippen LogP contribution in [0.15, 0.2) is 4.99 Å². The highest BCUT2D eigenvalue weighted by Crippen LogP contribution is 2.20. The summed E-state index contributed by atoms with van der Waals surface area (Å²) in [5, 5.41) is 61.0. The summed E-state index contributed by atoms with van der Waals surface area (Å²) in [4.78, 5) is 183. The van der Waals surface area contributed by atoms with Crippen molar-refractivity contribution in [3.8, 4) is 0 Å². The molecule has 1 rings (SSSR count). The van der Waals surface area contributed by atoms with Gasteiger partial charge in [-0.1, -0.05) is 6.42 Å². The fourth-order valence-electron chi connectivity index (χ4n) is 8.36. The molecular weight excluding hydrogens is 1220 g/mol. The molecule has 518 valence electrons. The summed E-state index contributed by atoms with van der Waals surface area (Å²) in [5.41, 5.74) is 33.1. The predicted molar refractivity (Wildman–Crippen MR) is 315 cm³/mol. The number of carbonyl (C=O) groups is 14. The van der Waals surface area contributed by atoms with Crippen LogP contribution in [0.5, 0.6) is 0 Å². The smallest absolute Gasteiger partial charge is 0.480 e. The first-order chi connectivity index (χ1) is 42.6. The van der Waals surface area contributed by atoms with Crippen molar-refractivity contribution in [3.63, 3.8) is 0 Å². The molecule has 1 heterocycles. The molecule has 0 aromatic heterocycles. The second-order valence-electron chi connectivity index (χ2n) is 20.9. The van der Waals surface area contributed by atoms with Crippen LogP contribution in [-0.4, -0.2) is 233 Å². The van der Waals surface area contributed by atoms with E-state index in [4.69, 9.17) is 44.3 Å². The first-order valence-corrected chi connectivity index (χ1v) is 29.1. The monoisotopic (exact) mass is 1310 g/mol. The number of hydrogen-bond acceptors (Lipinski definition) is 20. The first-order valence-electron chi connectivity index (χ1n) is 29.1. The average molecular weight is 1310 g/mol. The van der Waals surface area contributed by atoms with E-state index in [2.05, 4.69) is 58.2 Å². The number of amides is 12. The fraction of sp³-hybridized carbons (Fsp3) is 0.712. The number of carboxylic acid groups (broad SMARTS) is 2. The number of unbranched alkanes of at least 4 members (excludes halogenated alkanes) is 3. The maximum absolute atomic E-state index is 14.1. The Labute approximate surface area is 521 Å². The number of hydrogen-bond donors (Lipinski definition) is 20. The second kappa shape index (κ2) is 44.0. The van der Waals surface area contributed by atoms with Gasteiger partial charge in [-0.25, -0.2) is 9.59 Å². The molecule has 39 heteroatoms. The second-order valence-corrected chi connectivity index (χ2v) is 20.9. The third-order valence-electron chi connectivity index (χ3n) is 13.3. The maximum atomic E-state index is 14.1. The van der Waals surface area contributed by atoms with Crippen molar-refractivity contribution < 1.29 is 101 Å². The molecule has 26 N–H and O–H groups in total. The van der Waals surface area contributed by atoms with Crippen LogP contribution in [0.25, 0.3) is 0 Å². The highest BCUT2D eigenvalue weighted by Gasteiger charge is 2.40. The lowest BCUT2D eigenvalue weighted by atomic mass is 10.0. The van der Waals surface area contributed by atoms with Gasteiger partial charge in [0.1, 0.15) is 48.3 Å². The number of halogens is 3. The van der Waals surface area contributed by atoms with E-state index in [-0.39, 0.29) is 95.8 Å². The molecule has 1 saturated heterocycles. The molecule has 36 nitrogen and oxygen atoms in total. The highest BCUT2D eigenvalue weighted by atomic mass is 19.4. The minimum atomic E-state index is -5.08. The van der Waals surface area contributed by atoms with Crippen molar-refractivity contribution >= 4 is 88.8 Å². The van der Waals surface area contributed by atoms with E-state index in [1.54, 1.807) is 0 Å². The number of aliphatic carboxylic acids is 2. The lowest BCUT2D eigenvalue weighted by molar-refractivity contribution is -0.192. The predicted octanol–water partition coefficient (Wildman–Crippen LogP) is -8.07. The molecule has 12 amide bonds. The number of alkyl halides is 3. The topological polar surface area (TPSA) is 612 Å². The van der Waals surface area contributed by atoms with Crippen LogP contribution in [0.4, 0.5) is 13.2 Å². The minimum Gasteiger partial charge on any atom is -0.480 e. The van der Waals surface area contributed by atoms with Crippen LogP contribution < -0.4 is 87.6 Å². The van der Waals surface area contributed by atoms with E-state index in [0.29, 0.717) is 45.1 Å². The zero-order valence-electron chi connectivity index (χ0n) is 51.0. The number of rotatable bonds is 42. The molecule has 1 aliphatic heterocycles. The van der Waals surface area contributed by atoms with Gasteiger partial charge in [0.05, 0.1) is 31.8 Å². The van der Waals surface area contributed by atoms with Crippen molar-refractivity contribution in [2.45, 2.75) is 184 Å². The normalized spacial score (nSPS) is 15.6. The molecule has 0 bridgehead atoms. The fourth-order valence-corrected chi connectivity index (χ4v) is 8.36. The maximum Gasteiger partial charge on any atom is 0.490 e. The van der Waals surface area contributed by atoms with E-state index >= 15 is 0 Å². The molecular formula is C52H91F3N18O18. The molecule has 0 aromatic carbocycles. The van der Waals surface area contributed by atoms with E-state index in [0.717, 1.165) is 6.92 Å². The molecule has 1 fully saturated rings. The van der Waals surface area contributed by atoms with Crippen molar-refractivity contribution in [1.29, 1.82) is 0 Å². The van der Waals surface area contributed by atoms with Crippen LogP contribution in [0.2, 0.25) is 0 Å². The van der Waals surface area contributed by atoms with Gasteiger partial charge in [0.2, 0.25) is 70.9 Å². The zero-order chi connectivity index (χ0) is 69.6. The third-order valence-corrected chi connectivity index (χ3v) is 13.3. The Morgan fingerprint density at radius 3 is 1.64 bits per heavy atom. The Kier molecular flexibility index (Phi) is 39.9.